The van der Waals surface area contributed by atoms with Gasteiger partial charge in [0, 0.05) is 25.8 Å². The summed E-state index contributed by atoms with van der Waals surface area (Å²) in [5, 5.41) is 3.59. The second kappa shape index (κ2) is 5.60. The zero-order chi connectivity index (χ0) is 14.1. The quantitative estimate of drug-likeness (QED) is 0.932. The molecule has 2 heterocycles. The maximum Gasteiger partial charge on any atom is 0.255 e. The van der Waals surface area contributed by atoms with Crippen molar-refractivity contribution in [2.75, 3.05) is 25.0 Å². The molecule has 0 spiro atoms. The summed E-state index contributed by atoms with van der Waals surface area (Å²) in [7, 11) is 0. The highest BCUT2D eigenvalue weighted by atomic mass is 35.5. The van der Waals surface area contributed by atoms with E-state index in [0.717, 1.165) is 19.6 Å². The Bertz CT molecular complexity index is 508. The lowest BCUT2D eigenvalue weighted by Gasteiger charge is -2.17. The molecule has 2 aliphatic rings. The molecule has 1 aliphatic heterocycles. The molecular formula is C15H20ClN3O. The first-order valence-corrected chi connectivity index (χ1v) is 7.75. The second-order valence-electron chi connectivity index (χ2n) is 5.75. The van der Waals surface area contributed by atoms with E-state index in [2.05, 4.69) is 10.3 Å². The SMILES string of the molecule is CCNc1ncc(C(=O)N2CC3CCCC3C2)cc1Cl. The summed E-state index contributed by atoms with van der Waals surface area (Å²) in [6.07, 6.45) is 5.49. The number of pyridine rings is 1. The Hall–Kier alpha value is -1.29. The van der Waals surface area contributed by atoms with E-state index in [0.29, 0.717) is 28.2 Å². The van der Waals surface area contributed by atoms with Gasteiger partial charge in [0.15, 0.2) is 0 Å². The first-order valence-electron chi connectivity index (χ1n) is 7.37. The van der Waals surface area contributed by atoms with Crippen LogP contribution in [0.5, 0.6) is 0 Å². The molecule has 1 amide bonds. The highest BCUT2D eigenvalue weighted by Gasteiger charge is 2.38. The molecule has 2 fully saturated rings. The van der Waals surface area contributed by atoms with E-state index in [9.17, 15) is 4.79 Å². The van der Waals surface area contributed by atoms with Crippen LogP contribution in [0.3, 0.4) is 0 Å². The van der Waals surface area contributed by atoms with Crippen LogP contribution in [0.4, 0.5) is 5.82 Å². The lowest BCUT2D eigenvalue weighted by molar-refractivity contribution is 0.0780. The largest absolute Gasteiger partial charge is 0.369 e. The van der Waals surface area contributed by atoms with Crippen LogP contribution in [0.2, 0.25) is 5.02 Å². The molecule has 0 aromatic carbocycles. The maximum absolute atomic E-state index is 12.5. The van der Waals surface area contributed by atoms with Crippen molar-refractivity contribution in [1.29, 1.82) is 0 Å². The second-order valence-corrected chi connectivity index (χ2v) is 6.15. The summed E-state index contributed by atoms with van der Waals surface area (Å²) in [5.74, 6) is 2.13. The maximum atomic E-state index is 12.5. The van der Waals surface area contributed by atoms with Crippen LogP contribution in [0, 0.1) is 11.8 Å². The summed E-state index contributed by atoms with van der Waals surface area (Å²) in [6, 6.07) is 1.73. The van der Waals surface area contributed by atoms with E-state index in [1.165, 1.54) is 19.3 Å². The van der Waals surface area contributed by atoms with E-state index >= 15 is 0 Å². The summed E-state index contributed by atoms with van der Waals surface area (Å²) in [5.41, 5.74) is 0.594. The summed E-state index contributed by atoms with van der Waals surface area (Å²) < 4.78 is 0. The number of amides is 1. The highest BCUT2D eigenvalue weighted by Crippen LogP contribution is 2.38. The standard InChI is InChI=1S/C15H20ClN3O/c1-2-17-14-13(16)6-12(7-18-14)15(20)19-8-10-4-3-5-11(10)9-19/h6-7,10-11H,2-5,8-9H2,1H3,(H,17,18). The van der Waals surface area contributed by atoms with Crippen molar-refractivity contribution in [3.8, 4) is 0 Å². The van der Waals surface area contributed by atoms with Crippen LogP contribution >= 0.6 is 11.6 Å². The molecule has 3 rings (SSSR count). The topological polar surface area (TPSA) is 45.2 Å². The number of fused-ring (bicyclic) bond motifs is 1. The Balaban J connectivity index is 1.73. The predicted octanol–water partition coefficient (Wildman–Crippen LogP) is 3.04. The van der Waals surface area contributed by atoms with E-state index < -0.39 is 0 Å². The van der Waals surface area contributed by atoms with Gasteiger partial charge in [-0.15, -0.1) is 0 Å². The Kier molecular flexibility index (Phi) is 3.83. The average Bonchev–Trinajstić information content (AvgIpc) is 3.01. The van der Waals surface area contributed by atoms with Gasteiger partial charge in [0.05, 0.1) is 10.6 Å². The number of rotatable bonds is 3. The van der Waals surface area contributed by atoms with Crippen molar-refractivity contribution in [1.82, 2.24) is 9.88 Å². The molecule has 0 radical (unpaired) electrons. The number of hydrogen-bond acceptors (Lipinski definition) is 3. The minimum Gasteiger partial charge on any atom is -0.369 e. The van der Waals surface area contributed by atoms with Gasteiger partial charge in [-0.2, -0.15) is 0 Å². The number of halogens is 1. The molecule has 1 aromatic heterocycles. The zero-order valence-electron chi connectivity index (χ0n) is 11.7. The molecule has 1 saturated carbocycles. The van der Waals surface area contributed by atoms with Gasteiger partial charge in [-0.3, -0.25) is 4.79 Å². The first-order chi connectivity index (χ1) is 9.69. The molecule has 1 aliphatic carbocycles. The molecule has 2 atom stereocenters. The molecule has 2 unspecified atom stereocenters. The van der Waals surface area contributed by atoms with Crippen molar-refractivity contribution >= 4 is 23.3 Å². The number of nitrogens with zero attached hydrogens (tertiary/aromatic N) is 2. The lowest BCUT2D eigenvalue weighted by atomic mass is 10.0. The van der Waals surface area contributed by atoms with Crippen LogP contribution in [0.1, 0.15) is 36.5 Å². The van der Waals surface area contributed by atoms with E-state index in [1.54, 1.807) is 12.3 Å². The van der Waals surface area contributed by atoms with E-state index in [4.69, 9.17) is 11.6 Å². The molecule has 1 N–H and O–H groups in total. The number of hydrogen-bond donors (Lipinski definition) is 1. The smallest absolute Gasteiger partial charge is 0.255 e. The van der Waals surface area contributed by atoms with Gasteiger partial charge in [-0.25, -0.2) is 4.98 Å². The fraction of sp³-hybridized carbons (Fsp3) is 0.600. The van der Waals surface area contributed by atoms with Crippen LogP contribution in [-0.4, -0.2) is 35.4 Å². The fourth-order valence-electron chi connectivity index (χ4n) is 3.44. The molecule has 0 bridgehead atoms. The Morgan fingerprint density at radius 1 is 1.45 bits per heavy atom. The summed E-state index contributed by atoms with van der Waals surface area (Å²) in [4.78, 5) is 18.7. The van der Waals surface area contributed by atoms with Crippen LogP contribution < -0.4 is 5.32 Å². The summed E-state index contributed by atoms with van der Waals surface area (Å²) >= 11 is 6.16. The Morgan fingerprint density at radius 2 is 2.15 bits per heavy atom. The van der Waals surface area contributed by atoms with Crippen molar-refractivity contribution in [3.05, 3.63) is 22.8 Å². The number of likely N-dealkylation sites (tertiary alicyclic amines) is 1. The molecule has 20 heavy (non-hydrogen) atoms. The van der Waals surface area contributed by atoms with Crippen LogP contribution in [-0.2, 0) is 0 Å². The Morgan fingerprint density at radius 3 is 2.75 bits per heavy atom. The number of nitrogens with one attached hydrogen (secondary N) is 1. The van der Waals surface area contributed by atoms with Gasteiger partial charge < -0.3 is 10.2 Å². The fourth-order valence-corrected chi connectivity index (χ4v) is 3.67. The van der Waals surface area contributed by atoms with E-state index in [1.807, 2.05) is 11.8 Å². The van der Waals surface area contributed by atoms with Gasteiger partial charge in [0.2, 0.25) is 0 Å². The van der Waals surface area contributed by atoms with Gasteiger partial charge >= 0.3 is 0 Å². The monoisotopic (exact) mass is 293 g/mol. The molecule has 1 aromatic rings. The first kappa shape index (κ1) is 13.7. The minimum absolute atomic E-state index is 0.0665. The summed E-state index contributed by atoms with van der Waals surface area (Å²) in [6.45, 7) is 4.54. The number of aromatic nitrogens is 1. The third kappa shape index (κ3) is 2.49. The zero-order valence-corrected chi connectivity index (χ0v) is 12.5. The number of anilines is 1. The molecule has 108 valence electrons. The third-order valence-electron chi connectivity index (χ3n) is 4.45. The molecule has 4 nitrogen and oxygen atoms in total. The normalized spacial score (nSPS) is 24.8. The number of carbonyl (C=O) groups is 1. The molecule has 5 heteroatoms. The van der Waals surface area contributed by atoms with Gasteiger partial charge in [-0.05, 0) is 37.7 Å². The van der Waals surface area contributed by atoms with Gasteiger partial charge in [0.25, 0.3) is 5.91 Å². The van der Waals surface area contributed by atoms with Gasteiger partial charge in [-0.1, -0.05) is 18.0 Å². The van der Waals surface area contributed by atoms with Gasteiger partial charge in [0.1, 0.15) is 5.82 Å². The van der Waals surface area contributed by atoms with Crippen molar-refractivity contribution in [2.45, 2.75) is 26.2 Å². The van der Waals surface area contributed by atoms with E-state index in [-0.39, 0.29) is 5.91 Å². The minimum atomic E-state index is 0.0665. The Labute approximate surface area is 124 Å². The average molecular weight is 294 g/mol. The van der Waals surface area contributed by atoms with Crippen LogP contribution in [0.25, 0.3) is 0 Å². The predicted molar refractivity (Wildman–Crippen MR) is 80.1 cm³/mol. The van der Waals surface area contributed by atoms with Crippen molar-refractivity contribution in [2.24, 2.45) is 11.8 Å². The molecule has 1 saturated heterocycles. The lowest BCUT2D eigenvalue weighted by Crippen LogP contribution is -2.29. The van der Waals surface area contributed by atoms with Crippen molar-refractivity contribution < 1.29 is 4.79 Å². The molecular weight excluding hydrogens is 274 g/mol. The third-order valence-corrected chi connectivity index (χ3v) is 4.73. The highest BCUT2D eigenvalue weighted by molar-refractivity contribution is 6.33. The van der Waals surface area contributed by atoms with Crippen LogP contribution in [0.15, 0.2) is 12.3 Å². The van der Waals surface area contributed by atoms with Crippen molar-refractivity contribution in [3.63, 3.8) is 0 Å². The number of carbonyl (C=O) groups excluding carboxylic acids is 1.